The minimum Gasteiger partial charge on any atom is -0.750 e. The summed E-state index contributed by atoms with van der Waals surface area (Å²) in [5.41, 5.74) is 5.14. The van der Waals surface area contributed by atoms with Crippen LogP contribution in [0.15, 0.2) is 12.3 Å². The molecule has 7 nitrogen and oxygen atoms in total. The maximum Gasteiger partial charge on any atom is 0.149 e. The Kier molecular flexibility index (Phi) is 5.07. The molecule has 3 N–H and O–H groups in total. The van der Waals surface area contributed by atoms with Crippen molar-refractivity contribution in [1.82, 2.24) is 15.4 Å². The van der Waals surface area contributed by atoms with Gasteiger partial charge in [0.15, 0.2) is 0 Å². The Bertz CT molecular complexity index is 213. The SMILES string of the molecule is Nc1ccnnn1.O=S([O-])O. The van der Waals surface area contributed by atoms with Gasteiger partial charge in [0.25, 0.3) is 0 Å². The fourth-order valence-corrected chi connectivity index (χ4v) is 0.250. The first kappa shape index (κ1) is 9.88. The highest BCUT2D eigenvalue weighted by Gasteiger charge is 1.76. The molecule has 1 atom stereocenters. The van der Waals surface area contributed by atoms with Crippen LogP contribution in [0.3, 0.4) is 0 Å². The van der Waals surface area contributed by atoms with Gasteiger partial charge in [0.2, 0.25) is 0 Å². The van der Waals surface area contributed by atoms with E-state index in [1.807, 2.05) is 0 Å². The highest BCUT2D eigenvalue weighted by molar-refractivity contribution is 7.73. The molecule has 8 heteroatoms. The van der Waals surface area contributed by atoms with E-state index in [-0.39, 0.29) is 0 Å². The second-order valence-corrected chi connectivity index (χ2v) is 1.70. The van der Waals surface area contributed by atoms with Crippen LogP contribution in [-0.2, 0) is 11.4 Å². The van der Waals surface area contributed by atoms with Crippen molar-refractivity contribution in [1.29, 1.82) is 0 Å². The van der Waals surface area contributed by atoms with E-state index in [1.165, 1.54) is 6.20 Å². The van der Waals surface area contributed by atoms with Crippen molar-refractivity contribution in [3.05, 3.63) is 12.3 Å². The second kappa shape index (κ2) is 5.65. The Balaban J connectivity index is 0.000000218. The average Bonchev–Trinajstić information content (AvgIpc) is 1.87. The zero-order valence-corrected chi connectivity index (χ0v) is 6.06. The lowest BCUT2D eigenvalue weighted by molar-refractivity contribution is 0.436. The maximum absolute atomic E-state index is 8.56. The molecule has 0 spiro atoms. The van der Waals surface area contributed by atoms with Crippen LogP contribution in [0.25, 0.3) is 0 Å². The molecule has 0 aromatic carbocycles. The van der Waals surface area contributed by atoms with Crippen molar-refractivity contribution in [2.75, 3.05) is 5.73 Å². The number of hydrogen-bond donors (Lipinski definition) is 2. The summed E-state index contributed by atoms with van der Waals surface area (Å²) in [5.74, 6) is 0.398. The Morgan fingerprint density at radius 1 is 1.73 bits per heavy atom. The first-order valence-corrected chi connectivity index (χ1v) is 3.34. The van der Waals surface area contributed by atoms with Crippen LogP contribution < -0.4 is 5.73 Å². The van der Waals surface area contributed by atoms with Crippen LogP contribution >= 0.6 is 0 Å². The lowest BCUT2D eigenvalue weighted by Crippen LogP contribution is -1.91. The van der Waals surface area contributed by atoms with Crippen LogP contribution in [0.1, 0.15) is 0 Å². The summed E-state index contributed by atoms with van der Waals surface area (Å²) in [4.78, 5) is 0. The number of nitrogens with zero attached hydrogens (tertiary/aromatic N) is 3. The highest BCUT2D eigenvalue weighted by Crippen LogP contribution is 1.83. The van der Waals surface area contributed by atoms with Gasteiger partial charge in [-0.3, -0.25) is 0 Å². The van der Waals surface area contributed by atoms with E-state index < -0.39 is 11.4 Å². The minimum atomic E-state index is -2.86. The summed E-state index contributed by atoms with van der Waals surface area (Å²) >= 11 is -2.86. The summed E-state index contributed by atoms with van der Waals surface area (Å²) in [6.45, 7) is 0. The number of aromatic nitrogens is 3. The van der Waals surface area contributed by atoms with Crippen molar-refractivity contribution in [2.45, 2.75) is 0 Å². The van der Waals surface area contributed by atoms with E-state index in [4.69, 9.17) is 19.0 Å². The molecule has 0 aliphatic heterocycles. The van der Waals surface area contributed by atoms with Crippen LogP contribution in [0.2, 0.25) is 0 Å². The van der Waals surface area contributed by atoms with Gasteiger partial charge < -0.3 is 14.8 Å². The summed E-state index contributed by atoms with van der Waals surface area (Å²) in [6.07, 6.45) is 1.49. The molecule has 62 valence electrons. The van der Waals surface area contributed by atoms with Gasteiger partial charge >= 0.3 is 0 Å². The molecule has 1 unspecified atom stereocenters. The van der Waals surface area contributed by atoms with E-state index in [1.54, 1.807) is 6.07 Å². The van der Waals surface area contributed by atoms with Crippen molar-refractivity contribution >= 4 is 17.2 Å². The summed E-state index contributed by atoms with van der Waals surface area (Å²) in [7, 11) is 0. The third-order valence-corrected chi connectivity index (χ3v) is 0.524. The van der Waals surface area contributed by atoms with Gasteiger partial charge in [0, 0.05) is 6.07 Å². The molecule has 1 rings (SSSR count). The molecule has 0 fully saturated rings. The Morgan fingerprint density at radius 2 is 2.27 bits per heavy atom. The molecule has 1 aromatic heterocycles. The van der Waals surface area contributed by atoms with E-state index in [2.05, 4.69) is 15.4 Å². The van der Waals surface area contributed by atoms with Gasteiger partial charge in [-0.05, 0) is 5.21 Å². The predicted octanol–water partition coefficient (Wildman–Crippen LogP) is -1.21. The molecule has 1 aromatic rings. The summed E-state index contributed by atoms with van der Waals surface area (Å²) in [6, 6.07) is 1.58. The van der Waals surface area contributed by atoms with Gasteiger partial charge in [-0.2, -0.15) is 0 Å². The molecule has 1 heterocycles. The number of nitrogen functional groups attached to an aromatic ring is 1. The fraction of sp³-hybridized carbons (Fsp3) is 0. The normalized spacial score (nSPS) is 11.1. The monoisotopic (exact) mass is 177 g/mol. The smallest absolute Gasteiger partial charge is 0.149 e. The molecule has 0 saturated carbocycles. The first-order valence-electron chi connectivity index (χ1n) is 2.31. The molecule has 0 aliphatic carbocycles. The fourth-order valence-electron chi connectivity index (χ4n) is 0.250. The molecule has 0 radical (unpaired) electrons. The number of rotatable bonds is 0. The molecule has 0 amide bonds. The molecular formula is C3H5N4O3S-. The highest BCUT2D eigenvalue weighted by atomic mass is 32.2. The van der Waals surface area contributed by atoms with Crippen LogP contribution in [-0.4, -0.2) is 28.7 Å². The standard InChI is InChI=1S/C3H4N4.H2O3S/c4-3-1-2-5-7-6-3;1-4(2)3/h1-2H,(H2,4,5,6);(H2,1,2,3)/p-1. The summed E-state index contributed by atoms with van der Waals surface area (Å²) in [5, 5.41) is 10.1. The van der Waals surface area contributed by atoms with E-state index >= 15 is 0 Å². The molecule has 0 bridgehead atoms. The van der Waals surface area contributed by atoms with Gasteiger partial charge in [-0.1, -0.05) is 0 Å². The van der Waals surface area contributed by atoms with Gasteiger partial charge in [0.1, 0.15) is 5.82 Å². The van der Waals surface area contributed by atoms with Crippen LogP contribution in [0.5, 0.6) is 0 Å². The average molecular weight is 177 g/mol. The second-order valence-electron chi connectivity index (χ2n) is 1.26. The maximum atomic E-state index is 8.56. The van der Waals surface area contributed by atoms with Crippen molar-refractivity contribution in [2.24, 2.45) is 0 Å². The Morgan fingerprint density at radius 3 is 2.45 bits per heavy atom. The largest absolute Gasteiger partial charge is 0.750 e. The Hall–Kier alpha value is -1.12. The van der Waals surface area contributed by atoms with Crippen molar-refractivity contribution < 1.29 is 13.3 Å². The lowest BCUT2D eigenvalue weighted by atomic mass is 10.6. The third-order valence-electron chi connectivity index (χ3n) is 0.524. The number of anilines is 1. The zero-order chi connectivity index (χ0) is 8.69. The third kappa shape index (κ3) is 8.88. The molecule has 0 saturated heterocycles. The van der Waals surface area contributed by atoms with Gasteiger partial charge in [0.05, 0.1) is 17.6 Å². The van der Waals surface area contributed by atoms with Gasteiger partial charge in [-0.15, -0.1) is 10.2 Å². The quantitative estimate of drug-likeness (QED) is 0.476. The topological polar surface area (TPSA) is 125 Å². The first-order chi connectivity index (χ1) is 5.13. The van der Waals surface area contributed by atoms with Crippen LogP contribution in [0, 0.1) is 0 Å². The van der Waals surface area contributed by atoms with Gasteiger partial charge in [-0.25, -0.2) is 4.21 Å². The van der Waals surface area contributed by atoms with E-state index in [0.29, 0.717) is 5.82 Å². The number of hydrogen-bond acceptors (Lipinski definition) is 6. The lowest BCUT2D eigenvalue weighted by Gasteiger charge is -1.83. The zero-order valence-electron chi connectivity index (χ0n) is 5.25. The molecular weight excluding hydrogens is 172 g/mol. The molecule has 11 heavy (non-hydrogen) atoms. The Labute approximate surface area is 64.8 Å². The minimum absolute atomic E-state index is 0.398. The van der Waals surface area contributed by atoms with Crippen molar-refractivity contribution in [3.8, 4) is 0 Å². The van der Waals surface area contributed by atoms with E-state index in [9.17, 15) is 0 Å². The molecule has 0 aliphatic rings. The predicted molar refractivity (Wildman–Crippen MR) is 35.8 cm³/mol. The summed E-state index contributed by atoms with van der Waals surface area (Å²) < 4.78 is 24.1. The number of nitrogens with two attached hydrogens (primary N) is 1. The van der Waals surface area contributed by atoms with Crippen LogP contribution in [0.4, 0.5) is 5.82 Å². The van der Waals surface area contributed by atoms with Crippen molar-refractivity contribution in [3.63, 3.8) is 0 Å². The van der Waals surface area contributed by atoms with E-state index in [0.717, 1.165) is 0 Å².